The summed E-state index contributed by atoms with van der Waals surface area (Å²) < 4.78 is 33.3. The molecule has 2 aromatic carbocycles. The first-order chi connectivity index (χ1) is 11.8. The molecule has 0 fully saturated rings. The number of benzene rings is 2. The molecule has 0 aromatic heterocycles. The van der Waals surface area contributed by atoms with Gasteiger partial charge in [0.1, 0.15) is 16.4 Å². The predicted octanol–water partition coefficient (Wildman–Crippen LogP) is 2.00. The molecule has 0 radical (unpaired) electrons. The van der Waals surface area contributed by atoms with E-state index in [0.29, 0.717) is 5.75 Å². The number of hydrogen-bond acceptors (Lipinski definition) is 5. The Morgan fingerprint density at radius 2 is 1.76 bits per heavy atom. The summed E-state index contributed by atoms with van der Waals surface area (Å²) in [6, 6.07) is 11.4. The van der Waals surface area contributed by atoms with Crippen LogP contribution in [0.15, 0.2) is 53.4 Å². The van der Waals surface area contributed by atoms with Crippen LogP contribution in [0, 0.1) is 0 Å². The third kappa shape index (κ3) is 4.82. The molecule has 2 aromatic rings. The zero-order valence-corrected chi connectivity index (χ0v) is 14.5. The normalized spacial score (nSPS) is 11.3. The van der Waals surface area contributed by atoms with E-state index in [-0.39, 0.29) is 16.3 Å². The van der Waals surface area contributed by atoms with Crippen molar-refractivity contribution in [1.29, 1.82) is 0 Å². The van der Waals surface area contributed by atoms with Crippen molar-refractivity contribution in [2.75, 3.05) is 19.5 Å². The van der Waals surface area contributed by atoms with Crippen LogP contribution in [0.4, 0.5) is 5.69 Å². The van der Waals surface area contributed by atoms with Crippen LogP contribution < -0.4 is 19.9 Å². The van der Waals surface area contributed by atoms with Crippen molar-refractivity contribution in [3.63, 3.8) is 0 Å². The van der Waals surface area contributed by atoms with Gasteiger partial charge >= 0.3 is 0 Å². The van der Waals surface area contributed by atoms with E-state index < -0.39 is 15.9 Å². The Bertz CT molecular complexity index is 907. The lowest BCUT2D eigenvalue weighted by atomic mass is 10.2. The fourth-order valence-electron chi connectivity index (χ4n) is 2.13. The lowest BCUT2D eigenvalue weighted by Crippen LogP contribution is -2.15. The van der Waals surface area contributed by atoms with E-state index in [2.05, 4.69) is 5.32 Å². The minimum Gasteiger partial charge on any atom is -0.496 e. The zero-order valence-electron chi connectivity index (χ0n) is 13.7. The van der Waals surface area contributed by atoms with Gasteiger partial charge in [0.25, 0.3) is 0 Å². The summed E-state index contributed by atoms with van der Waals surface area (Å²) in [7, 11) is -1.11. The van der Waals surface area contributed by atoms with Crippen molar-refractivity contribution >= 4 is 27.7 Å². The summed E-state index contributed by atoms with van der Waals surface area (Å²) in [5.41, 5.74) is 1.01. The number of methoxy groups -OCH3 is 2. The Morgan fingerprint density at radius 1 is 1.08 bits per heavy atom. The molecule has 132 valence electrons. The maximum atomic E-state index is 12.1. The Kier molecular flexibility index (Phi) is 5.79. The van der Waals surface area contributed by atoms with Crippen molar-refractivity contribution in [2.24, 2.45) is 5.14 Å². The van der Waals surface area contributed by atoms with Gasteiger partial charge in [0.05, 0.1) is 14.2 Å². The number of hydrogen-bond donors (Lipinski definition) is 2. The minimum atomic E-state index is -3.98. The van der Waals surface area contributed by atoms with Gasteiger partial charge in [0.2, 0.25) is 15.9 Å². The van der Waals surface area contributed by atoms with E-state index in [0.717, 1.165) is 5.56 Å². The SMILES string of the molecule is COc1ccccc1/C=C/C(=O)Nc1ccc(OC)c(S(N)(=O)=O)c1. The van der Waals surface area contributed by atoms with E-state index in [9.17, 15) is 13.2 Å². The van der Waals surface area contributed by atoms with E-state index in [1.165, 1.54) is 31.4 Å². The summed E-state index contributed by atoms with van der Waals surface area (Å²) in [5, 5.41) is 7.72. The molecule has 0 saturated carbocycles. The van der Waals surface area contributed by atoms with Crippen molar-refractivity contribution < 1.29 is 22.7 Å². The van der Waals surface area contributed by atoms with Gasteiger partial charge in [-0.2, -0.15) is 0 Å². The molecule has 25 heavy (non-hydrogen) atoms. The van der Waals surface area contributed by atoms with Crippen LogP contribution in [0.25, 0.3) is 6.08 Å². The number of ether oxygens (including phenoxy) is 2. The monoisotopic (exact) mass is 362 g/mol. The number of nitrogens with one attached hydrogen (secondary N) is 1. The van der Waals surface area contributed by atoms with Gasteiger partial charge in [-0.25, -0.2) is 13.6 Å². The van der Waals surface area contributed by atoms with Gasteiger partial charge in [-0.1, -0.05) is 18.2 Å². The topological polar surface area (TPSA) is 108 Å². The Hall–Kier alpha value is -2.84. The van der Waals surface area contributed by atoms with Crippen molar-refractivity contribution in [2.45, 2.75) is 4.90 Å². The van der Waals surface area contributed by atoms with E-state index in [1.54, 1.807) is 25.3 Å². The highest BCUT2D eigenvalue weighted by atomic mass is 32.2. The Labute approximate surface area is 146 Å². The number of anilines is 1. The van der Waals surface area contributed by atoms with Gasteiger partial charge < -0.3 is 14.8 Å². The highest BCUT2D eigenvalue weighted by Crippen LogP contribution is 2.26. The molecule has 8 heteroatoms. The summed E-state index contributed by atoms with van der Waals surface area (Å²) in [5.74, 6) is 0.300. The molecule has 7 nitrogen and oxygen atoms in total. The Balaban J connectivity index is 2.19. The quantitative estimate of drug-likeness (QED) is 0.764. The molecular weight excluding hydrogens is 344 g/mol. The van der Waals surface area contributed by atoms with Crippen LogP contribution in [0.2, 0.25) is 0 Å². The van der Waals surface area contributed by atoms with Crippen LogP contribution in [0.1, 0.15) is 5.56 Å². The lowest BCUT2D eigenvalue weighted by molar-refractivity contribution is -0.111. The predicted molar refractivity (Wildman–Crippen MR) is 95.0 cm³/mol. The first-order valence-electron chi connectivity index (χ1n) is 7.18. The molecule has 0 aliphatic heterocycles. The number of carbonyl (C=O) groups excluding carboxylic acids is 1. The second-order valence-corrected chi connectivity index (χ2v) is 6.51. The third-order valence-electron chi connectivity index (χ3n) is 3.29. The maximum Gasteiger partial charge on any atom is 0.248 e. The number of para-hydroxylation sites is 1. The molecule has 0 spiro atoms. The van der Waals surface area contributed by atoms with Gasteiger partial charge in [-0.15, -0.1) is 0 Å². The molecule has 3 N–H and O–H groups in total. The molecule has 0 unspecified atom stereocenters. The zero-order chi connectivity index (χ0) is 18.4. The number of carbonyl (C=O) groups is 1. The summed E-state index contributed by atoms with van der Waals surface area (Å²) in [6.07, 6.45) is 2.91. The number of primary sulfonamides is 1. The molecule has 0 aliphatic rings. The average molecular weight is 362 g/mol. The molecule has 1 amide bonds. The maximum absolute atomic E-state index is 12.1. The van der Waals surface area contributed by atoms with Crippen molar-refractivity contribution in [3.05, 3.63) is 54.1 Å². The van der Waals surface area contributed by atoms with E-state index in [1.807, 2.05) is 12.1 Å². The van der Waals surface area contributed by atoms with Crippen LogP contribution in [-0.2, 0) is 14.8 Å². The first-order valence-corrected chi connectivity index (χ1v) is 8.72. The van der Waals surface area contributed by atoms with Crippen LogP contribution in [-0.4, -0.2) is 28.5 Å². The number of nitrogens with two attached hydrogens (primary N) is 1. The molecule has 0 saturated heterocycles. The molecule has 0 aliphatic carbocycles. The number of sulfonamides is 1. The summed E-state index contributed by atoms with van der Waals surface area (Å²) >= 11 is 0. The molecule has 0 atom stereocenters. The standard InChI is InChI=1S/C17H18N2O5S/c1-23-14-6-4-3-5-12(14)7-10-17(20)19-13-8-9-15(24-2)16(11-13)25(18,21)22/h3-11H,1-2H3,(H,19,20)(H2,18,21,22)/b10-7+. The average Bonchev–Trinajstić information content (AvgIpc) is 2.59. The number of amides is 1. The molecule has 0 bridgehead atoms. The highest BCUT2D eigenvalue weighted by molar-refractivity contribution is 7.89. The third-order valence-corrected chi connectivity index (χ3v) is 4.22. The number of rotatable bonds is 6. The van der Waals surface area contributed by atoms with Crippen LogP contribution in [0.3, 0.4) is 0 Å². The van der Waals surface area contributed by atoms with Gasteiger partial charge in [-0.3, -0.25) is 4.79 Å². The van der Waals surface area contributed by atoms with Crippen molar-refractivity contribution in [3.8, 4) is 11.5 Å². The largest absolute Gasteiger partial charge is 0.496 e. The fraction of sp³-hybridized carbons (Fsp3) is 0.118. The van der Waals surface area contributed by atoms with Crippen LogP contribution in [0.5, 0.6) is 11.5 Å². The first kappa shape index (κ1) is 18.5. The smallest absolute Gasteiger partial charge is 0.248 e. The van der Waals surface area contributed by atoms with Gasteiger partial charge in [0.15, 0.2) is 0 Å². The fourth-order valence-corrected chi connectivity index (χ4v) is 2.85. The van der Waals surface area contributed by atoms with Gasteiger partial charge in [-0.05, 0) is 30.3 Å². The molecule has 2 rings (SSSR count). The Morgan fingerprint density at radius 3 is 2.40 bits per heavy atom. The lowest BCUT2D eigenvalue weighted by Gasteiger charge is -2.09. The van der Waals surface area contributed by atoms with Crippen molar-refractivity contribution in [1.82, 2.24) is 0 Å². The second kappa shape index (κ2) is 7.82. The summed E-state index contributed by atoms with van der Waals surface area (Å²) in [6.45, 7) is 0. The summed E-state index contributed by atoms with van der Waals surface area (Å²) in [4.78, 5) is 11.8. The molecular formula is C17H18N2O5S. The van der Waals surface area contributed by atoms with Gasteiger partial charge in [0, 0.05) is 17.3 Å². The minimum absolute atomic E-state index is 0.102. The van der Waals surface area contributed by atoms with E-state index >= 15 is 0 Å². The molecule has 0 heterocycles. The van der Waals surface area contributed by atoms with Crippen LogP contribution >= 0.6 is 0 Å². The highest BCUT2D eigenvalue weighted by Gasteiger charge is 2.16. The van der Waals surface area contributed by atoms with E-state index in [4.69, 9.17) is 14.6 Å². The second-order valence-electron chi connectivity index (χ2n) is 4.98.